The monoisotopic (exact) mass is 599 g/mol. The molecular weight excluding hydrogens is 572 g/mol. The van der Waals surface area contributed by atoms with Crippen LogP contribution in [0.4, 0.5) is 37.8 Å². The minimum Gasteiger partial charge on any atom is -0.394 e. The van der Waals surface area contributed by atoms with Crippen molar-refractivity contribution in [1.82, 2.24) is 4.98 Å². The molecule has 1 N–H and O–H groups in total. The molecule has 0 aliphatic carbocycles. The average molecular weight is 600 g/mol. The molecule has 1 aliphatic rings. The number of hydrogen-bond donors (Lipinski definition) is 1. The number of alkyl halides is 6. The van der Waals surface area contributed by atoms with Crippen LogP contribution in [0.25, 0.3) is 11.1 Å². The van der Waals surface area contributed by atoms with Crippen LogP contribution in [0.1, 0.15) is 43.4 Å². The molecular formula is C29H28ClF6N3O2. The Labute approximate surface area is 238 Å². The van der Waals surface area contributed by atoms with Crippen molar-refractivity contribution in [1.29, 1.82) is 0 Å². The zero-order valence-corrected chi connectivity index (χ0v) is 23.2. The summed E-state index contributed by atoms with van der Waals surface area (Å²) in [6, 6.07) is 9.56. The first-order chi connectivity index (χ1) is 19.0. The Balaban J connectivity index is 1.80. The highest BCUT2D eigenvalue weighted by Gasteiger charge is 2.41. The summed E-state index contributed by atoms with van der Waals surface area (Å²) < 4.78 is 81.2. The fraction of sp³-hybridized carbons (Fsp3) is 0.379. The predicted octanol–water partition coefficient (Wildman–Crippen LogP) is 7.34. The van der Waals surface area contributed by atoms with E-state index in [1.54, 1.807) is 30.3 Å². The zero-order chi connectivity index (χ0) is 30.3. The van der Waals surface area contributed by atoms with Gasteiger partial charge in [0.25, 0.3) is 0 Å². The number of benzene rings is 2. The summed E-state index contributed by atoms with van der Waals surface area (Å²) in [4.78, 5) is 21.5. The van der Waals surface area contributed by atoms with Crippen molar-refractivity contribution in [2.45, 2.75) is 50.5 Å². The third kappa shape index (κ3) is 6.30. The highest BCUT2D eigenvalue weighted by atomic mass is 35.5. The summed E-state index contributed by atoms with van der Waals surface area (Å²) in [6.45, 7) is 3.16. The first-order valence-corrected chi connectivity index (χ1v) is 13.1. The number of hydrogen-bond acceptors (Lipinski definition) is 4. The van der Waals surface area contributed by atoms with E-state index in [1.165, 1.54) is 32.0 Å². The van der Waals surface area contributed by atoms with Gasteiger partial charge in [-0.05, 0) is 74.2 Å². The second-order valence-corrected chi connectivity index (χ2v) is 11.0. The highest BCUT2D eigenvalue weighted by Crippen LogP contribution is 2.41. The number of carbonyl (C=O) groups excluding carboxylic acids is 1. The second kappa shape index (κ2) is 11.2. The van der Waals surface area contributed by atoms with Crippen molar-refractivity contribution in [2.24, 2.45) is 0 Å². The molecule has 5 nitrogen and oxygen atoms in total. The second-order valence-electron chi connectivity index (χ2n) is 10.5. The van der Waals surface area contributed by atoms with E-state index in [2.05, 4.69) is 4.98 Å². The van der Waals surface area contributed by atoms with Gasteiger partial charge in [-0.3, -0.25) is 4.79 Å². The van der Waals surface area contributed by atoms with E-state index in [0.717, 1.165) is 12.8 Å². The number of aliphatic hydroxyl groups excluding tert-OH is 1. The molecule has 0 bridgehead atoms. The summed E-state index contributed by atoms with van der Waals surface area (Å²) in [5.74, 6) is -0.188. The van der Waals surface area contributed by atoms with Gasteiger partial charge >= 0.3 is 12.4 Å². The molecule has 2 aromatic carbocycles. The van der Waals surface area contributed by atoms with E-state index in [4.69, 9.17) is 11.6 Å². The van der Waals surface area contributed by atoms with Gasteiger partial charge in [0, 0.05) is 24.2 Å². The third-order valence-electron chi connectivity index (χ3n) is 7.42. The van der Waals surface area contributed by atoms with Crippen molar-refractivity contribution < 1.29 is 36.2 Å². The van der Waals surface area contributed by atoms with Crippen LogP contribution in [0.3, 0.4) is 0 Å². The Morgan fingerprint density at radius 1 is 1.00 bits per heavy atom. The molecule has 1 saturated heterocycles. The maximum atomic E-state index is 13.8. The van der Waals surface area contributed by atoms with Crippen molar-refractivity contribution in [3.05, 3.63) is 76.4 Å². The summed E-state index contributed by atoms with van der Waals surface area (Å²) in [5.41, 5.74) is -3.73. The third-order valence-corrected chi connectivity index (χ3v) is 7.67. The Morgan fingerprint density at radius 2 is 1.56 bits per heavy atom. The number of aromatic nitrogens is 1. The lowest BCUT2D eigenvalue weighted by molar-refractivity contribution is -0.143. The molecule has 1 aliphatic heterocycles. The SMILES string of the molecule is CN(C(=O)C(C)(C)c1cc(C(F)(F)F)cc(C(F)(F)F)c1)c1cnc(N2CCCC2CO)cc1-c1ccc(Cl)cc1. The lowest BCUT2D eigenvalue weighted by Crippen LogP contribution is -2.42. The number of pyridine rings is 1. The molecule has 2 heterocycles. The van der Waals surface area contributed by atoms with E-state index < -0.39 is 40.4 Å². The van der Waals surface area contributed by atoms with Gasteiger partial charge in [0.2, 0.25) is 5.91 Å². The topological polar surface area (TPSA) is 56.7 Å². The first-order valence-electron chi connectivity index (χ1n) is 12.8. The van der Waals surface area contributed by atoms with E-state index in [0.29, 0.717) is 40.6 Å². The largest absolute Gasteiger partial charge is 0.416 e. The predicted molar refractivity (Wildman–Crippen MR) is 145 cm³/mol. The van der Waals surface area contributed by atoms with Gasteiger partial charge in [0.15, 0.2) is 0 Å². The number of carbonyl (C=O) groups is 1. The molecule has 1 unspecified atom stereocenters. The molecule has 1 atom stereocenters. The number of nitrogens with zero attached hydrogens (tertiary/aromatic N) is 3. The van der Waals surface area contributed by atoms with Gasteiger partial charge in [-0.2, -0.15) is 26.3 Å². The van der Waals surface area contributed by atoms with Crippen molar-refractivity contribution in [2.75, 3.05) is 30.0 Å². The summed E-state index contributed by atoms with van der Waals surface area (Å²) >= 11 is 6.07. The van der Waals surface area contributed by atoms with Gasteiger partial charge in [-0.15, -0.1) is 0 Å². The summed E-state index contributed by atoms with van der Waals surface area (Å²) in [5, 5.41) is 10.3. The standard InChI is InChI=1S/C29H28ClF6N3O2/c1-27(2,18-11-19(28(31,32)33)13-20(12-18)29(34,35)36)26(41)38(3)24-15-37-25(39-10-4-5-22(39)16-40)14-23(24)17-6-8-21(30)9-7-17/h6-9,11-15,22,40H,4-5,10,16H2,1-3H3. The molecule has 41 heavy (non-hydrogen) atoms. The Morgan fingerprint density at radius 3 is 2.10 bits per heavy atom. The van der Waals surface area contributed by atoms with Gasteiger partial charge in [-0.25, -0.2) is 4.98 Å². The van der Waals surface area contributed by atoms with Gasteiger partial charge in [0.05, 0.1) is 41.1 Å². The van der Waals surface area contributed by atoms with Crippen LogP contribution in [0.2, 0.25) is 5.02 Å². The molecule has 12 heteroatoms. The van der Waals surface area contributed by atoms with E-state index >= 15 is 0 Å². The van der Waals surface area contributed by atoms with Crippen LogP contribution in [0.5, 0.6) is 0 Å². The smallest absolute Gasteiger partial charge is 0.394 e. The van der Waals surface area contributed by atoms with Crippen LogP contribution in [-0.4, -0.2) is 42.2 Å². The Bertz CT molecular complexity index is 1390. The first kappa shape index (κ1) is 30.6. The lowest BCUT2D eigenvalue weighted by atomic mass is 9.81. The Hall–Kier alpha value is -3.31. The van der Waals surface area contributed by atoms with Gasteiger partial charge < -0.3 is 14.9 Å². The molecule has 1 fully saturated rings. The normalized spacial score (nSPS) is 16.3. The van der Waals surface area contributed by atoms with E-state index in [-0.39, 0.29) is 24.4 Å². The summed E-state index contributed by atoms with van der Waals surface area (Å²) in [7, 11) is 1.39. The molecule has 0 radical (unpaired) electrons. The molecule has 1 aromatic heterocycles. The molecule has 0 saturated carbocycles. The van der Waals surface area contributed by atoms with Crippen LogP contribution in [0.15, 0.2) is 54.7 Å². The number of anilines is 2. The maximum absolute atomic E-state index is 13.8. The quantitative estimate of drug-likeness (QED) is 0.301. The van der Waals surface area contributed by atoms with Crippen LogP contribution >= 0.6 is 11.6 Å². The highest BCUT2D eigenvalue weighted by molar-refractivity contribution is 6.30. The van der Waals surface area contributed by atoms with Crippen molar-refractivity contribution >= 4 is 29.0 Å². The molecule has 3 aromatic rings. The van der Waals surface area contributed by atoms with Crippen LogP contribution in [0, 0.1) is 0 Å². The number of likely N-dealkylation sites (N-methyl/N-ethyl adjacent to an activating group) is 1. The fourth-order valence-corrected chi connectivity index (χ4v) is 5.14. The van der Waals surface area contributed by atoms with Crippen LogP contribution in [-0.2, 0) is 22.6 Å². The van der Waals surface area contributed by atoms with Gasteiger partial charge in [-0.1, -0.05) is 23.7 Å². The Kier molecular flexibility index (Phi) is 8.35. The van der Waals surface area contributed by atoms with Crippen molar-refractivity contribution in [3.8, 4) is 11.1 Å². The lowest BCUT2D eigenvalue weighted by Gasteiger charge is -2.32. The van der Waals surface area contributed by atoms with E-state index in [1.807, 2.05) is 4.90 Å². The van der Waals surface area contributed by atoms with Crippen LogP contribution < -0.4 is 9.80 Å². The zero-order valence-electron chi connectivity index (χ0n) is 22.4. The van der Waals surface area contributed by atoms with E-state index in [9.17, 15) is 36.2 Å². The number of halogens is 7. The molecule has 0 spiro atoms. The van der Waals surface area contributed by atoms with Crippen molar-refractivity contribution in [3.63, 3.8) is 0 Å². The molecule has 1 amide bonds. The van der Waals surface area contributed by atoms with Gasteiger partial charge in [0.1, 0.15) is 5.82 Å². The molecule has 220 valence electrons. The fourth-order valence-electron chi connectivity index (χ4n) is 5.02. The number of aliphatic hydroxyl groups is 1. The average Bonchev–Trinajstić information content (AvgIpc) is 3.40. The number of amides is 1. The minimum absolute atomic E-state index is 0.0348. The molecule has 4 rings (SSSR count). The summed E-state index contributed by atoms with van der Waals surface area (Å²) in [6.07, 6.45) is -7.03. The number of rotatable bonds is 6. The maximum Gasteiger partial charge on any atom is 0.416 e. The minimum atomic E-state index is -5.05.